The molecule has 0 aliphatic carbocycles. The molecule has 0 atom stereocenters. The lowest BCUT2D eigenvalue weighted by molar-refractivity contribution is 0.666. The lowest BCUT2D eigenvalue weighted by atomic mass is 10.4. The number of H-pyrrole nitrogens is 1. The quantitative estimate of drug-likeness (QED) is 0.664. The van der Waals surface area contributed by atoms with Crippen LogP contribution in [0, 0.1) is 0 Å². The molecule has 0 bridgehead atoms. The third-order valence-electron chi connectivity index (χ3n) is 1.31. The van der Waals surface area contributed by atoms with Gasteiger partial charge in [0.25, 0.3) is 0 Å². The van der Waals surface area contributed by atoms with E-state index in [0.29, 0.717) is 0 Å². The summed E-state index contributed by atoms with van der Waals surface area (Å²) < 4.78 is 0. The molecule has 62 valence electrons. The van der Waals surface area contributed by atoms with E-state index in [1.807, 2.05) is 5.38 Å². The molecule has 1 heterocycles. The standard InChI is InChI=1S/C7H12N2OS/c1-2-3-8-4-6-5-11-7(10)9-6/h5,8H,2-4H2,1H3,(H,9,10). The molecule has 0 saturated carbocycles. The summed E-state index contributed by atoms with van der Waals surface area (Å²) in [5, 5.41) is 5.05. The summed E-state index contributed by atoms with van der Waals surface area (Å²) >= 11 is 1.21. The van der Waals surface area contributed by atoms with Crippen LogP contribution in [0.2, 0.25) is 0 Å². The van der Waals surface area contributed by atoms with Gasteiger partial charge in [0.15, 0.2) is 0 Å². The molecule has 1 rings (SSSR count). The number of hydrogen-bond acceptors (Lipinski definition) is 3. The van der Waals surface area contributed by atoms with Crippen molar-refractivity contribution in [2.24, 2.45) is 0 Å². The molecule has 3 nitrogen and oxygen atoms in total. The first kappa shape index (κ1) is 8.49. The number of thiazole rings is 1. The Bertz CT molecular complexity index is 253. The maximum atomic E-state index is 10.7. The predicted molar refractivity (Wildman–Crippen MR) is 46.9 cm³/mol. The third-order valence-corrected chi connectivity index (χ3v) is 2.03. The number of hydrogen-bond donors (Lipinski definition) is 2. The van der Waals surface area contributed by atoms with Gasteiger partial charge in [-0.05, 0) is 13.0 Å². The van der Waals surface area contributed by atoms with Crippen molar-refractivity contribution in [2.45, 2.75) is 19.9 Å². The van der Waals surface area contributed by atoms with Crippen LogP contribution in [-0.2, 0) is 6.54 Å². The number of rotatable bonds is 4. The van der Waals surface area contributed by atoms with E-state index in [2.05, 4.69) is 17.2 Å². The summed E-state index contributed by atoms with van der Waals surface area (Å²) in [6.45, 7) is 3.88. The molecule has 1 aromatic rings. The lowest BCUT2D eigenvalue weighted by Crippen LogP contribution is -2.14. The summed E-state index contributed by atoms with van der Waals surface area (Å²) in [5.74, 6) is 0. The van der Waals surface area contributed by atoms with Gasteiger partial charge in [0, 0.05) is 17.6 Å². The molecule has 0 unspecified atom stereocenters. The first-order valence-corrected chi connectivity index (χ1v) is 4.58. The van der Waals surface area contributed by atoms with Gasteiger partial charge in [-0.2, -0.15) is 0 Å². The van der Waals surface area contributed by atoms with Gasteiger partial charge < -0.3 is 10.3 Å². The second kappa shape index (κ2) is 4.31. The first-order chi connectivity index (χ1) is 5.33. The van der Waals surface area contributed by atoms with Gasteiger partial charge in [-0.3, -0.25) is 4.79 Å². The van der Waals surface area contributed by atoms with Crippen molar-refractivity contribution < 1.29 is 0 Å². The zero-order valence-corrected chi connectivity index (χ0v) is 7.33. The molecule has 4 heteroatoms. The van der Waals surface area contributed by atoms with Crippen LogP contribution in [0.3, 0.4) is 0 Å². The maximum absolute atomic E-state index is 10.7. The molecule has 0 saturated heterocycles. The molecule has 0 fully saturated rings. The molecule has 0 radical (unpaired) electrons. The lowest BCUT2D eigenvalue weighted by Gasteiger charge is -1.97. The van der Waals surface area contributed by atoms with Crippen molar-refractivity contribution in [1.82, 2.24) is 10.3 Å². The number of aromatic amines is 1. The fourth-order valence-electron chi connectivity index (χ4n) is 0.800. The summed E-state index contributed by atoms with van der Waals surface area (Å²) in [6.07, 6.45) is 1.12. The van der Waals surface area contributed by atoms with E-state index in [-0.39, 0.29) is 4.87 Å². The van der Waals surface area contributed by atoms with Crippen LogP contribution in [0.5, 0.6) is 0 Å². The number of aromatic nitrogens is 1. The normalized spacial score (nSPS) is 10.3. The van der Waals surface area contributed by atoms with E-state index >= 15 is 0 Å². The summed E-state index contributed by atoms with van der Waals surface area (Å²) in [4.78, 5) is 13.4. The fourth-order valence-corrected chi connectivity index (χ4v) is 1.38. The minimum atomic E-state index is 0.0262. The van der Waals surface area contributed by atoms with Crippen molar-refractivity contribution in [2.75, 3.05) is 6.54 Å². The average molecular weight is 172 g/mol. The van der Waals surface area contributed by atoms with Crippen LogP contribution in [0.4, 0.5) is 0 Å². The summed E-state index contributed by atoms with van der Waals surface area (Å²) in [5.41, 5.74) is 0.980. The van der Waals surface area contributed by atoms with Crippen LogP contribution in [-0.4, -0.2) is 11.5 Å². The van der Waals surface area contributed by atoms with E-state index < -0.39 is 0 Å². The minimum absolute atomic E-state index is 0.0262. The highest BCUT2D eigenvalue weighted by molar-refractivity contribution is 7.07. The Labute approximate surface area is 69.5 Å². The largest absolute Gasteiger partial charge is 0.315 e. The predicted octanol–water partition coefficient (Wildman–Crippen LogP) is 0.936. The van der Waals surface area contributed by atoms with Gasteiger partial charge >= 0.3 is 4.87 Å². The van der Waals surface area contributed by atoms with Gasteiger partial charge in [-0.1, -0.05) is 18.3 Å². The van der Waals surface area contributed by atoms with Crippen molar-refractivity contribution in [3.05, 3.63) is 20.7 Å². The highest BCUT2D eigenvalue weighted by atomic mass is 32.1. The molecule has 0 aliphatic rings. The van der Waals surface area contributed by atoms with Crippen molar-refractivity contribution in [3.63, 3.8) is 0 Å². The van der Waals surface area contributed by atoms with E-state index in [4.69, 9.17) is 0 Å². The van der Waals surface area contributed by atoms with Gasteiger partial charge in [0.2, 0.25) is 0 Å². The smallest absolute Gasteiger partial charge is 0.304 e. The van der Waals surface area contributed by atoms with Crippen molar-refractivity contribution in [3.8, 4) is 0 Å². The molecule has 0 aliphatic heterocycles. The first-order valence-electron chi connectivity index (χ1n) is 3.70. The molecule has 0 amide bonds. The van der Waals surface area contributed by atoms with Crippen molar-refractivity contribution in [1.29, 1.82) is 0 Å². The van der Waals surface area contributed by atoms with Crippen LogP contribution >= 0.6 is 11.3 Å². The Morgan fingerprint density at radius 2 is 2.55 bits per heavy atom. The van der Waals surface area contributed by atoms with Gasteiger partial charge in [-0.25, -0.2) is 0 Å². The maximum Gasteiger partial charge on any atom is 0.304 e. The summed E-state index contributed by atoms with van der Waals surface area (Å²) in [7, 11) is 0. The van der Waals surface area contributed by atoms with Crippen LogP contribution in [0.25, 0.3) is 0 Å². The zero-order valence-electron chi connectivity index (χ0n) is 6.52. The van der Waals surface area contributed by atoms with E-state index in [9.17, 15) is 4.79 Å². The van der Waals surface area contributed by atoms with Crippen LogP contribution in [0.15, 0.2) is 10.2 Å². The molecule has 0 aromatic carbocycles. The summed E-state index contributed by atoms with van der Waals surface area (Å²) in [6, 6.07) is 0. The molecule has 1 aromatic heterocycles. The van der Waals surface area contributed by atoms with E-state index in [1.165, 1.54) is 11.3 Å². The van der Waals surface area contributed by atoms with E-state index in [1.54, 1.807) is 0 Å². The Morgan fingerprint density at radius 3 is 3.09 bits per heavy atom. The molecule has 2 N–H and O–H groups in total. The second-order valence-electron chi connectivity index (χ2n) is 2.35. The molecule has 0 spiro atoms. The Hall–Kier alpha value is -0.610. The van der Waals surface area contributed by atoms with Gasteiger partial charge in [0.05, 0.1) is 0 Å². The number of nitrogens with one attached hydrogen (secondary N) is 2. The SMILES string of the molecule is CCCNCc1csc(=O)[nH]1. The highest BCUT2D eigenvalue weighted by Gasteiger charge is 1.93. The second-order valence-corrected chi connectivity index (χ2v) is 3.19. The topological polar surface area (TPSA) is 44.9 Å². The zero-order chi connectivity index (χ0) is 8.10. The van der Waals surface area contributed by atoms with E-state index in [0.717, 1.165) is 25.2 Å². The van der Waals surface area contributed by atoms with Crippen LogP contribution in [0.1, 0.15) is 19.0 Å². The average Bonchev–Trinajstić information content (AvgIpc) is 2.37. The molecule has 11 heavy (non-hydrogen) atoms. The van der Waals surface area contributed by atoms with Crippen LogP contribution < -0.4 is 10.2 Å². The molecular formula is C7H12N2OS. The monoisotopic (exact) mass is 172 g/mol. The third kappa shape index (κ3) is 2.86. The highest BCUT2D eigenvalue weighted by Crippen LogP contribution is 1.93. The van der Waals surface area contributed by atoms with Gasteiger partial charge in [0.1, 0.15) is 0 Å². The minimum Gasteiger partial charge on any atom is -0.315 e. The van der Waals surface area contributed by atoms with Crippen molar-refractivity contribution >= 4 is 11.3 Å². The fraction of sp³-hybridized carbons (Fsp3) is 0.571. The van der Waals surface area contributed by atoms with Gasteiger partial charge in [-0.15, -0.1) is 0 Å². The Kier molecular flexibility index (Phi) is 3.32. The molecular weight excluding hydrogens is 160 g/mol. The Balaban J connectivity index is 2.33. The Morgan fingerprint density at radius 1 is 1.73 bits per heavy atom.